The maximum atomic E-state index is 13.3. The molecule has 0 atom stereocenters. The van der Waals surface area contributed by atoms with Crippen molar-refractivity contribution in [2.45, 2.75) is 31.3 Å². The maximum Gasteiger partial charge on any atom is 0.262 e. The second-order valence-electron chi connectivity index (χ2n) is 7.65. The third-order valence-electron chi connectivity index (χ3n) is 5.36. The lowest BCUT2D eigenvalue weighted by Crippen LogP contribution is -2.23. The van der Waals surface area contributed by atoms with Crippen molar-refractivity contribution in [2.24, 2.45) is 0 Å². The Kier molecular flexibility index (Phi) is 6.51. The zero-order valence-electron chi connectivity index (χ0n) is 18.9. The Labute approximate surface area is 205 Å². The Hall–Kier alpha value is -3.36. The summed E-state index contributed by atoms with van der Waals surface area (Å²) in [7, 11) is 0. The molecule has 3 heterocycles. The van der Waals surface area contributed by atoms with Gasteiger partial charge in [-0.3, -0.25) is 9.36 Å². The summed E-state index contributed by atoms with van der Waals surface area (Å²) in [4.78, 5) is 23.9. The van der Waals surface area contributed by atoms with E-state index in [1.807, 2.05) is 79.9 Å². The van der Waals surface area contributed by atoms with E-state index in [4.69, 9.17) is 19.1 Å². The van der Waals surface area contributed by atoms with E-state index in [0.717, 1.165) is 27.6 Å². The number of nitrogens with zero attached hydrogens (tertiary/aromatic N) is 3. The van der Waals surface area contributed by atoms with Gasteiger partial charge in [0.15, 0.2) is 5.16 Å². The molecule has 0 fully saturated rings. The number of aromatic nitrogens is 3. The fourth-order valence-corrected chi connectivity index (χ4v) is 5.33. The number of thioether (sulfide) groups is 1. The van der Waals surface area contributed by atoms with Crippen molar-refractivity contribution in [3.8, 4) is 17.2 Å². The van der Waals surface area contributed by atoms with E-state index in [9.17, 15) is 4.79 Å². The summed E-state index contributed by atoms with van der Waals surface area (Å²) in [5.74, 6) is 2.68. The van der Waals surface area contributed by atoms with Gasteiger partial charge in [0.1, 0.15) is 11.5 Å². The van der Waals surface area contributed by atoms with Crippen molar-refractivity contribution < 1.29 is 9.15 Å². The van der Waals surface area contributed by atoms with Gasteiger partial charge in [-0.1, -0.05) is 30.0 Å². The molecule has 3 aromatic heterocycles. The normalized spacial score (nSPS) is 11.2. The largest absolute Gasteiger partial charge is 0.494 e. The first-order chi connectivity index (χ1) is 16.6. The molecule has 8 heteroatoms. The fourth-order valence-electron chi connectivity index (χ4n) is 3.63. The number of benzene rings is 2. The van der Waals surface area contributed by atoms with Gasteiger partial charge in [-0.15, -0.1) is 11.3 Å². The molecule has 0 saturated carbocycles. The lowest BCUT2D eigenvalue weighted by atomic mass is 10.2. The van der Waals surface area contributed by atoms with Gasteiger partial charge in [-0.25, -0.2) is 9.97 Å². The Morgan fingerprint density at radius 1 is 1.06 bits per heavy atom. The summed E-state index contributed by atoms with van der Waals surface area (Å²) in [6.45, 7) is 4.98. The summed E-state index contributed by atoms with van der Waals surface area (Å²) in [6.07, 6.45) is 0. The Balaban J connectivity index is 1.43. The molecule has 172 valence electrons. The molecule has 0 bridgehead atoms. The molecule has 0 aliphatic heterocycles. The minimum absolute atomic E-state index is 0.0338. The molecule has 0 unspecified atom stereocenters. The van der Waals surface area contributed by atoms with Crippen LogP contribution < -0.4 is 10.3 Å². The summed E-state index contributed by atoms with van der Waals surface area (Å²) >= 11 is 3.13. The van der Waals surface area contributed by atoms with Gasteiger partial charge < -0.3 is 9.15 Å². The molecule has 0 N–H and O–H groups in total. The lowest BCUT2D eigenvalue weighted by Gasteiger charge is -2.12. The van der Waals surface area contributed by atoms with Crippen molar-refractivity contribution in [3.05, 3.63) is 92.7 Å². The van der Waals surface area contributed by atoms with Gasteiger partial charge in [0, 0.05) is 16.2 Å². The van der Waals surface area contributed by atoms with E-state index in [1.165, 1.54) is 11.8 Å². The Morgan fingerprint density at radius 3 is 2.65 bits per heavy atom. The van der Waals surface area contributed by atoms with Crippen LogP contribution in [-0.4, -0.2) is 21.1 Å². The van der Waals surface area contributed by atoms with Gasteiger partial charge in [0.2, 0.25) is 5.89 Å². The average molecular weight is 490 g/mol. The van der Waals surface area contributed by atoms with Gasteiger partial charge in [0.25, 0.3) is 5.56 Å². The van der Waals surface area contributed by atoms with Gasteiger partial charge in [0.05, 0.1) is 29.7 Å². The van der Waals surface area contributed by atoms with Crippen LogP contribution in [0.3, 0.4) is 0 Å². The first-order valence-electron chi connectivity index (χ1n) is 11.0. The highest BCUT2D eigenvalue weighted by atomic mass is 32.2. The standard InChI is InChI=1S/C26H23N3O3S2/c1-3-31-19-12-10-18(11-13-19)24-27-23(17(2)32-24)16-34-26-28-22-9-5-4-8-21(22)25(30)29(26)15-20-7-6-14-33-20/h4-14H,3,15-16H2,1-2H3. The monoisotopic (exact) mass is 489 g/mol. The van der Waals surface area contributed by atoms with Crippen molar-refractivity contribution in [2.75, 3.05) is 6.61 Å². The van der Waals surface area contributed by atoms with Crippen LogP contribution in [0, 0.1) is 6.92 Å². The number of fused-ring (bicyclic) bond motifs is 1. The van der Waals surface area contributed by atoms with Crippen molar-refractivity contribution in [1.82, 2.24) is 14.5 Å². The highest BCUT2D eigenvalue weighted by Crippen LogP contribution is 2.28. The highest BCUT2D eigenvalue weighted by Gasteiger charge is 2.16. The van der Waals surface area contributed by atoms with Crippen molar-refractivity contribution >= 4 is 34.0 Å². The molecule has 5 aromatic rings. The molecule has 0 saturated heterocycles. The van der Waals surface area contributed by atoms with E-state index in [-0.39, 0.29) is 5.56 Å². The van der Waals surface area contributed by atoms with Gasteiger partial charge >= 0.3 is 0 Å². The Morgan fingerprint density at radius 2 is 1.88 bits per heavy atom. The zero-order valence-corrected chi connectivity index (χ0v) is 20.5. The summed E-state index contributed by atoms with van der Waals surface area (Å²) in [5, 5.41) is 3.31. The molecule has 0 radical (unpaired) electrons. The third kappa shape index (κ3) is 4.64. The van der Waals surface area contributed by atoms with E-state index >= 15 is 0 Å². The first-order valence-corrected chi connectivity index (χ1v) is 12.8. The molecule has 34 heavy (non-hydrogen) atoms. The minimum Gasteiger partial charge on any atom is -0.494 e. The highest BCUT2D eigenvalue weighted by molar-refractivity contribution is 7.98. The number of hydrogen-bond donors (Lipinski definition) is 0. The molecular formula is C26H23N3O3S2. The van der Waals surface area contributed by atoms with Crippen molar-refractivity contribution in [3.63, 3.8) is 0 Å². The van der Waals surface area contributed by atoms with Crippen LogP contribution in [0.5, 0.6) is 5.75 Å². The second-order valence-corrected chi connectivity index (χ2v) is 9.62. The SMILES string of the molecule is CCOc1ccc(-c2nc(CSc3nc4ccccc4c(=O)n3Cc3cccs3)c(C)o2)cc1. The van der Waals surface area contributed by atoms with Crippen LogP contribution in [0.2, 0.25) is 0 Å². The van der Waals surface area contributed by atoms with Gasteiger partial charge in [-0.2, -0.15) is 0 Å². The number of ether oxygens (including phenoxy) is 1. The summed E-state index contributed by atoms with van der Waals surface area (Å²) in [5.41, 5.74) is 2.39. The van der Waals surface area contributed by atoms with Crippen molar-refractivity contribution in [1.29, 1.82) is 0 Å². The van der Waals surface area contributed by atoms with Crippen LogP contribution in [0.1, 0.15) is 23.3 Å². The zero-order chi connectivity index (χ0) is 23.5. The van der Waals surface area contributed by atoms with Crippen LogP contribution >= 0.6 is 23.1 Å². The van der Waals surface area contributed by atoms with Crippen LogP contribution in [-0.2, 0) is 12.3 Å². The summed E-state index contributed by atoms with van der Waals surface area (Å²) < 4.78 is 13.2. The van der Waals surface area contributed by atoms with E-state index in [0.29, 0.717) is 40.9 Å². The number of para-hydroxylation sites is 1. The topological polar surface area (TPSA) is 70.2 Å². The molecule has 0 aliphatic rings. The quantitative estimate of drug-likeness (QED) is 0.192. The molecule has 0 aliphatic carbocycles. The smallest absolute Gasteiger partial charge is 0.262 e. The van der Waals surface area contributed by atoms with Gasteiger partial charge in [-0.05, 0) is 61.7 Å². The number of hydrogen-bond acceptors (Lipinski definition) is 7. The van der Waals surface area contributed by atoms with Crippen LogP contribution in [0.25, 0.3) is 22.4 Å². The van der Waals surface area contributed by atoms with E-state index < -0.39 is 0 Å². The van der Waals surface area contributed by atoms with Crippen LogP contribution in [0.15, 0.2) is 80.4 Å². The predicted molar refractivity (Wildman–Crippen MR) is 137 cm³/mol. The predicted octanol–water partition coefficient (Wildman–Crippen LogP) is 6.16. The number of oxazole rings is 1. The van der Waals surface area contributed by atoms with E-state index in [2.05, 4.69) is 0 Å². The number of aryl methyl sites for hydroxylation is 1. The summed E-state index contributed by atoms with van der Waals surface area (Å²) in [6, 6.07) is 19.2. The van der Waals surface area contributed by atoms with Crippen LogP contribution in [0.4, 0.5) is 0 Å². The molecular weight excluding hydrogens is 466 g/mol. The molecule has 6 nitrogen and oxygen atoms in total. The second kappa shape index (κ2) is 9.87. The number of rotatable bonds is 8. The first kappa shape index (κ1) is 22.4. The van der Waals surface area contributed by atoms with E-state index in [1.54, 1.807) is 15.9 Å². The molecule has 0 spiro atoms. The molecule has 0 amide bonds. The fraction of sp³-hybridized carbons (Fsp3) is 0.192. The molecule has 2 aromatic carbocycles. The number of thiophene rings is 1. The maximum absolute atomic E-state index is 13.3. The Bertz CT molecular complexity index is 1470. The third-order valence-corrected chi connectivity index (χ3v) is 7.21. The lowest BCUT2D eigenvalue weighted by molar-refractivity contribution is 0.340. The minimum atomic E-state index is -0.0338. The molecule has 5 rings (SSSR count). The average Bonchev–Trinajstić information content (AvgIpc) is 3.50.